The van der Waals surface area contributed by atoms with Crippen molar-refractivity contribution >= 4 is 16.1 Å². The van der Waals surface area contributed by atoms with Crippen LogP contribution in [0, 0.1) is 0 Å². The quantitative estimate of drug-likeness (QED) is 0.716. The van der Waals surface area contributed by atoms with Crippen LogP contribution in [-0.4, -0.2) is 35.7 Å². The molecule has 1 aromatic rings. The maximum absolute atomic E-state index is 9.23. The fourth-order valence-electron chi connectivity index (χ4n) is 1.28. The van der Waals surface area contributed by atoms with Gasteiger partial charge in [-0.05, 0) is 26.0 Å². The summed E-state index contributed by atoms with van der Waals surface area (Å²) < 4.78 is 31.6. The molecule has 1 aromatic carbocycles. The lowest BCUT2D eigenvalue weighted by Gasteiger charge is -2.20. The molecule has 0 fully saturated rings. The van der Waals surface area contributed by atoms with E-state index >= 15 is 0 Å². The van der Waals surface area contributed by atoms with E-state index in [1.807, 2.05) is 12.1 Å². The summed E-state index contributed by atoms with van der Waals surface area (Å²) in [6.07, 6.45) is 0. The summed E-state index contributed by atoms with van der Waals surface area (Å²) in [7, 11) is -4.67. The molecule has 3 N–H and O–H groups in total. The summed E-state index contributed by atoms with van der Waals surface area (Å²) in [6, 6.07) is 7.34. The zero-order valence-electron chi connectivity index (χ0n) is 9.74. The van der Waals surface area contributed by atoms with Crippen molar-refractivity contribution in [3.8, 4) is 5.75 Å². The van der Waals surface area contributed by atoms with Gasteiger partial charge >= 0.3 is 10.4 Å². The average Bonchev–Trinajstić information content (AvgIpc) is 2.17. The van der Waals surface area contributed by atoms with Crippen LogP contribution >= 0.6 is 0 Å². The highest BCUT2D eigenvalue weighted by atomic mass is 32.3. The molecule has 0 aliphatic carbocycles. The monoisotopic (exact) mass is 263 g/mol. The second-order valence-corrected chi connectivity index (χ2v) is 4.04. The number of nitrogens with zero attached hydrogens (tertiary/aromatic N) is 1. The van der Waals surface area contributed by atoms with Crippen molar-refractivity contribution in [3.05, 3.63) is 24.3 Å². The van der Waals surface area contributed by atoms with E-state index in [0.717, 1.165) is 18.8 Å². The van der Waals surface area contributed by atoms with Crippen molar-refractivity contribution in [2.45, 2.75) is 13.8 Å². The summed E-state index contributed by atoms with van der Waals surface area (Å²) in [5.74, 6) is 0.333. The highest BCUT2D eigenvalue weighted by Gasteiger charge is 2.00. The minimum absolute atomic E-state index is 0.333. The predicted octanol–water partition coefficient (Wildman–Crippen LogP) is 1.59. The maximum atomic E-state index is 9.23. The first-order chi connectivity index (χ1) is 7.77. The van der Waals surface area contributed by atoms with Crippen LogP contribution in [0.4, 0.5) is 5.69 Å². The number of aromatic hydroxyl groups is 1. The van der Waals surface area contributed by atoms with Crippen LogP contribution < -0.4 is 4.90 Å². The number of anilines is 1. The second kappa shape index (κ2) is 7.10. The zero-order chi connectivity index (χ0) is 13.5. The standard InChI is InChI=1S/C10H15NO.H2O4S/c1-3-11(4-2)9-6-5-7-10(12)8-9;1-5(2,3)4/h5-8,12H,3-4H2,1-2H3;(H2,1,2,3,4). The van der Waals surface area contributed by atoms with Gasteiger partial charge < -0.3 is 10.0 Å². The zero-order valence-corrected chi connectivity index (χ0v) is 10.6. The number of hydrogen-bond acceptors (Lipinski definition) is 4. The third-order valence-corrected chi connectivity index (χ3v) is 1.96. The summed E-state index contributed by atoms with van der Waals surface area (Å²) in [6.45, 7) is 6.15. The van der Waals surface area contributed by atoms with E-state index < -0.39 is 10.4 Å². The van der Waals surface area contributed by atoms with Gasteiger partial charge in [0.15, 0.2) is 0 Å². The van der Waals surface area contributed by atoms with Gasteiger partial charge in [0.05, 0.1) is 0 Å². The Hall–Kier alpha value is -1.31. The van der Waals surface area contributed by atoms with Crippen molar-refractivity contribution in [1.29, 1.82) is 0 Å². The molecule has 0 unspecified atom stereocenters. The second-order valence-electron chi connectivity index (χ2n) is 3.14. The molecular formula is C10H17NO5S. The molecule has 6 nitrogen and oxygen atoms in total. The van der Waals surface area contributed by atoms with Crippen LogP contribution in [0.15, 0.2) is 24.3 Å². The molecule has 0 aliphatic heterocycles. The van der Waals surface area contributed by atoms with E-state index in [-0.39, 0.29) is 0 Å². The van der Waals surface area contributed by atoms with Gasteiger partial charge in [0.25, 0.3) is 0 Å². The first-order valence-electron chi connectivity index (χ1n) is 5.01. The molecule has 98 valence electrons. The third-order valence-electron chi connectivity index (χ3n) is 1.96. The summed E-state index contributed by atoms with van der Waals surface area (Å²) >= 11 is 0. The lowest BCUT2D eigenvalue weighted by Crippen LogP contribution is -2.21. The fraction of sp³-hybridized carbons (Fsp3) is 0.400. The van der Waals surface area contributed by atoms with Gasteiger partial charge in [0.1, 0.15) is 5.75 Å². The molecule has 0 saturated carbocycles. The summed E-state index contributed by atoms with van der Waals surface area (Å²) in [4.78, 5) is 2.19. The number of rotatable bonds is 3. The largest absolute Gasteiger partial charge is 0.508 e. The molecule has 0 radical (unpaired) electrons. The summed E-state index contributed by atoms with van der Waals surface area (Å²) in [5.41, 5.74) is 1.08. The number of phenols is 1. The van der Waals surface area contributed by atoms with Crippen molar-refractivity contribution in [1.82, 2.24) is 0 Å². The van der Waals surface area contributed by atoms with Crippen LogP contribution in [0.3, 0.4) is 0 Å². The molecule has 0 saturated heterocycles. The average molecular weight is 263 g/mol. The number of hydrogen-bond donors (Lipinski definition) is 3. The molecule has 0 aliphatic rings. The molecule has 0 aromatic heterocycles. The Morgan fingerprint density at radius 3 is 2.00 bits per heavy atom. The maximum Gasteiger partial charge on any atom is 0.394 e. The molecule has 17 heavy (non-hydrogen) atoms. The van der Waals surface area contributed by atoms with Crippen LogP contribution in [0.1, 0.15) is 13.8 Å². The van der Waals surface area contributed by atoms with Crippen LogP contribution in [-0.2, 0) is 10.4 Å². The Kier molecular flexibility index (Phi) is 6.55. The Morgan fingerprint density at radius 2 is 1.65 bits per heavy atom. The fourth-order valence-corrected chi connectivity index (χ4v) is 1.28. The lowest BCUT2D eigenvalue weighted by molar-refractivity contribution is 0.381. The smallest absolute Gasteiger partial charge is 0.394 e. The van der Waals surface area contributed by atoms with Crippen molar-refractivity contribution in [3.63, 3.8) is 0 Å². The van der Waals surface area contributed by atoms with Gasteiger partial charge in [-0.25, -0.2) is 0 Å². The molecule has 7 heteroatoms. The van der Waals surface area contributed by atoms with Gasteiger partial charge in [0.2, 0.25) is 0 Å². The van der Waals surface area contributed by atoms with E-state index in [0.29, 0.717) is 5.75 Å². The van der Waals surface area contributed by atoms with Gasteiger partial charge in [-0.3, -0.25) is 9.11 Å². The molecule has 0 bridgehead atoms. The number of benzene rings is 1. The van der Waals surface area contributed by atoms with Crippen LogP contribution in [0.25, 0.3) is 0 Å². The van der Waals surface area contributed by atoms with E-state index in [1.54, 1.807) is 12.1 Å². The van der Waals surface area contributed by atoms with Crippen LogP contribution in [0.2, 0.25) is 0 Å². The predicted molar refractivity (Wildman–Crippen MR) is 65.8 cm³/mol. The minimum atomic E-state index is -4.67. The number of phenolic OH excluding ortho intramolecular Hbond substituents is 1. The van der Waals surface area contributed by atoms with Gasteiger partial charge in [0, 0.05) is 24.8 Å². The molecule has 0 atom stereocenters. The topological polar surface area (TPSA) is 98.1 Å². The van der Waals surface area contributed by atoms with Crippen LogP contribution in [0.5, 0.6) is 5.75 Å². The molecule has 0 heterocycles. The van der Waals surface area contributed by atoms with Gasteiger partial charge in [-0.15, -0.1) is 0 Å². The Labute approximate surface area is 101 Å². The first-order valence-corrected chi connectivity index (χ1v) is 6.41. The SMILES string of the molecule is CCN(CC)c1cccc(O)c1.O=S(=O)(O)O. The van der Waals surface area contributed by atoms with E-state index in [2.05, 4.69) is 18.7 Å². The minimum Gasteiger partial charge on any atom is -0.508 e. The molecule has 0 spiro atoms. The Balaban J connectivity index is 0.000000437. The Morgan fingerprint density at radius 1 is 1.18 bits per heavy atom. The highest BCUT2D eigenvalue weighted by Crippen LogP contribution is 2.19. The molecule has 1 rings (SSSR count). The van der Waals surface area contributed by atoms with Crippen molar-refractivity contribution in [2.75, 3.05) is 18.0 Å². The highest BCUT2D eigenvalue weighted by molar-refractivity contribution is 7.79. The normalized spacial score (nSPS) is 10.4. The van der Waals surface area contributed by atoms with Gasteiger partial charge in [-0.1, -0.05) is 6.07 Å². The van der Waals surface area contributed by atoms with E-state index in [1.165, 1.54) is 0 Å². The molecular weight excluding hydrogens is 246 g/mol. The third kappa shape index (κ3) is 8.49. The van der Waals surface area contributed by atoms with E-state index in [4.69, 9.17) is 17.5 Å². The van der Waals surface area contributed by atoms with Crippen molar-refractivity contribution < 1.29 is 22.6 Å². The van der Waals surface area contributed by atoms with Crippen molar-refractivity contribution in [2.24, 2.45) is 0 Å². The van der Waals surface area contributed by atoms with Gasteiger partial charge in [-0.2, -0.15) is 8.42 Å². The summed E-state index contributed by atoms with van der Waals surface area (Å²) in [5, 5.41) is 9.23. The van der Waals surface area contributed by atoms with E-state index in [9.17, 15) is 5.11 Å². The molecule has 0 amide bonds. The Bertz CT molecular complexity index is 420. The lowest BCUT2D eigenvalue weighted by atomic mass is 10.2. The first kappa shape index (κ1) is 15.7.